The van der Waals surface area contributed by atoms with Crippen LogP contribution in [0.25, 0.3) is 22.2 Å². The highest BCUT2D eigenvalue weighted by atomic mass is 16.7. The number of carbonyl (C=O) groups excluding carboxylic acids is 1. The number of hydrogen-bond acceptors (Lipinski definition) is 8. The zero-order valence-corrected chi connectivity index (χ0v) is 27.9. The number of aromatic nitrogens is 2. The molecule has 0 bridgehead atoms. The van der Waals surface area contributed by atoms with E-state index in [1.807, 2.05) is 19.2 Å². The fourth-order valence-corrected chi connectivity index (χ4v) is 6.17. The van der Waals surface area contributed by atoms with Crippen molar-refractivity contribution in [2.75, 3.05) is 20.3 Å². The number of methoxy groups -OCH3 is 1. The quantitative estimate of drug-likeness (QED) is 0.244. The second kappa shape index (κ2) is 12.6. The van der Waals surface area contributed by atoms with Gasteiger partial charge in [-0.05, 0) is 90.0 Å². The number of hydrogen-bond donors (Lipinski definition) is 2. The highest BCUT2D eigenvalue weighted by Crippen LogP contribution is 2.41. The molecule has 2 aliphatic heterocycles. The monoisotopic (exact) mass is 604 g/mol. The summed E-state index contributed by atoms with van der Waals surface area (Å²) in [5, 5.41) is 1.13. The fourth-order valence-electron chi connectivity index (χ4n) is 6.17. The van der Waals surface area contributed by atoms with Crippen LogP contribution in [0.3, 0.4) is 0 Å². The van der Waals surface area contributed by atoms with Crippen molar-refractivity contribution in [2.24, 2.45) is 5.41 Å². The molecule has 238 valence electrons. The summed E-state index contributed by atoms with van der Waals surface area (Å²) >= 11 is 0. The van der Waals surface area contributed by atoms with Crippen LogP contribution in [-0.2, 0) is 36.5 Å². The molecule has 2 saturated heterocycles. The lowest BCUT2D eigenvalue weighted by Crippen LogP contribution is -2.50. The number of nitrogens with zero attached hydrogens (tertiary/aromatic N) is 2. The number of rotatable bonds is 10. The van der Waals surface area contributed by atoms with Crippen LogP contribution >= 0.6 is 0 Å². The number of nitrogens with one attached hydrogen (secondary N) is 2. The molecule has 3 aromatic rings. The highest BCUT2D eigenvalue weighted by molar-refractivity contribution is 6.62. The molecular weight excluding hydrogens is 555 g/mol. The molecule has 9 nitrogen and oxygen atoms in total. The minimum absolute atomic E-state index is 0.187. The van der Waals surface area contributed by atoms with E-state index in [1.165, 1.54) is 5.56 Å². The molecule has 2 atom stereocenters. The Bertz CT molecular complexity index is 1480. The third-order valence-electron chi connectivity index (χ3n) is 9.48. The first-order chi connectivity index (χ1) is 20.8. The second-order valence-electron chi connectivity index (χ2n) is 14.0. The smallest absolute Gasteiger partial charge is 0.464 e. The van der Waals surface area contributed by atoms with Gasteiger partial charge in [-0.1, -0.05) is 26.0 Å². The number of fused-ring (bicyclic) bond motifs is 1. The van der Waals surface area contributed by atoms with E-state index in [1.54, 1.807) is 7.11 Å². The Labute approximate surface area is 262 Å². The van der Waals surface area contributed by atoms with Gasteiger partial charge >= 0.3 is 13.1 Å². The molecule has 0 aliphatic carbocycles. The standard InChI is InChI=1S/C34H49BN4O5/c1-10-39-28-16-15-23(35-43-33(5,6)34(7,8)44-35)19-25(28)26(30(39)24-13-11-17-36-29(24)22(2)41-9)20-32(3,4)21-42-31(40)27-14-12-18-37-38-27/h11,13,15-17,19,22,27,37-38H,10,12,14,18,20-21H2,1-9H3/t22-,27?/m0/s1. The number of hydrazine groups is 1. The number of pyridine rings is 1. The van der Waals surface area contributed by atoms with E-state index in [9.17, 15) is 4.79 Å². The third kappa shape index (κ3) is 6.33. The van der Waals surface area contributed by atoms with Crippen LogP contribution in [0.1, 0.15) is 85.6 Å². The predicted octanol–water partition coefficient (Wildman–Crippen LogP) is 5.10. The summed E-state index contributed by atoms with van der Waals surface area (Å²) < 4.78 is 26.9. The molecule has 0 radical (unpaired) electrons. The van der Waals surface area contributed by atoms with E-state index in [0.717, 1.165) is 59.2 Å². The zero-order chi connectivity index (χ0) is 31.9. The first-order valence-corrected chi connectivity index (χ1v) is 15.9. The topological polar surface area (TPSA) is 95.9 Å². The van der Waals surface area contributed by atoms with E-state index >= 15 is 0 Å². The average Bonchev–Trinajstić information content (AvgIpc) is 3.42. The van der Waals surface area contributed by atoms with E-state index in [4.69, 9.17) is 23.8 Å². The SMILES string of the molecule is CCn1c(-c2cccnc2[C@H](C)OC)c(CC(C)(C)COC(=O)C2CCCNN2)c2cc(B3OC(C)(C)C(C)(C)O3)ccc21. The first-order valence-electron chi connectivity index (χ1n) is 15.9. The van der Waals surface area contributed by atoms with Crippen LogP contribution < -0.4 is 16.3 Å². The zero-order valence-electron chi connectivity index (χ0n) is 27.9. The molecule has 1 unspecified atom stereocenters. The molecule has 0 amide bonds. The van der Waals surface area contributed by atoms with Crippen molar-refractivity contribution in [3.8, 4) is 11.3 Å². The van der Waals surface area contributed by atoms with Gasteiger partial charge in [-0.3, -0.25) is 15.2 Å². The maximum atomic E-state index is 12.9. The molecule has 2 aliphatic rings. The largest absolute Gasteiger partial charge is 0.494 e. The van der Waals surface area contributed by atoms with Gasteiger partial charge in [0.25, 0.3) is 0 Å². The molecule has 4 heterocycles. The van der Waals surface area contributed by atoms with Gasteiger partial charge in [-0.2, -0.15) is 0 Å². The average molecular weight is 605 g/mol. The van der Waals surface area contributed by atoms with Crippen molar-refractivity contribution in [2.45, 2.75) is 105 Å². The van der Waals surface area contributed by atoms with Gasteiger partial charge in [0.2, 0.25) is 0 Å². The van der Waals surface area contributed by atoms with Crippen molar-refractivity contribution in [1.29, 1.82) is 0 Å². The van der Waals surface area contributed by atoms with Gasteiger partial charge in [-0.25, -0.2) is 5.43 Å². The molecule has 2 fully saturated rings. The summed E-state index contributed by atoms with van der Waals surface area (Å²) in [6.07, 6.45) is 4.02. The summed E-state index contributed by atoms with van der Waals surface area (Å²) in [7, 11) is 1.24. The minimum Gasteiger partial charge on any atom is -0.464 e. The van der Waals surface area contributed by atoms with Gasteiger partial charge in [0, 0.05) is 48.3 Å². The molecule has 2 N–H and O–H groups in total. The number of benzene rings is 1. The van der Waals surface area contributed by atoms with Crippen LogP contribution in [0.15, 0.2) is 36.5 Å². The van der Waals surface area contributed by atoms with Gasteiger partial charge in [0.15, 0.2) is 0 Å². The molecule has 0 spiro atoms. The van der Waals surface area contributed by atoms with Crippen LogP contribution in [-0.4, -0.2) is 60.1 Å². The Kier molecular flexibility index (Phi) is 9.32. The maximum absolute atomic E-state index is 12.9. The maximum Gasteiger partial charge on any atom is 0.494 e. The van der Waals surface area contributed by atoms with Crippen LogP contribution in [0, 0.1) is 5.41 Å². The summed E-state index contributed by atoms with van der Waals surface area (Å²) in [5.41, 5.74) is 11.2. The Hall–Kier alpha value is -2.76. The van der Waals surface area contributed by atoms with E-state index in [2.05, 4.69) is 88.2 Å². The molecule has 2 aromatic heterocycles. The van der Waals surface area contributed by atoms with Gasteiger partial charge in [0.1, 0.15) is 6.04 Å². The van der Waals surface area contributed by atoms with Crippen molar-refractivity contribution in [1.82, 2.24) is 20.4 Å². The molecule has 0 saturated carbocycles. The normalized spacial score (nSPS) is 20.7. The Morgan fingerprint density at radius 3 is 2.57 bits per heavy atom. The lowest BCUT2D eigenvalue weighted by molar-refractivity contribution is -0.150. The van der Waals surface area contributed by atoms with Crippen LogP contribution in [0.4, 0.5) is 0 Å². The van der Waals surface area contributed by atoms with Gasteiger partial charge < -0.3 is 23.3 Å². The number of ether oxygens (including phenoxy) is 2. The van der Waals surface area contributed by atoms with Gasteiger partial charge in [0.05, 0.1) is 35.3 Å². The molecule has 10 heteroatoms. The van der Waals surface area contributed by atoms with E-state index < -0.39 is 18.3 Å². The molecule has 5 rings (SSSR count). The second-order valence-corrected chi connectivity index (χ2v) is 14.0. The Balaban J connectivity index is 1.60. The fraction of sp³-hybridized carbons (Fsp3) is 0.588. The van der Waals surface area contributed by atoms with Gasteiger partial charge in [-0.15, -0.1) is 0 Å². The lowest BCUT2D eigenvalue weighted by atomic mass is 9.77. The van der Waals surface area contributed by atoms with Crippen molar-refractivity contribution in [3.63, 3.8) is 0 Å². The summed E-state index contributed by atoms with van der Waals surface area (Å²) in [6.45, 7) is 18.7. The molecule has 1 aromatic carbocycles. The highest BCUT2D eigenvalue weighted by Gasteiger charge is 2.51. The molecule has 44 heavy (non-hydrogen) atoms. The van der Waals surface area contributed by atoms with Crippen LogP contribution in [0.5, 0.6) is 0 Å². The lowest BCUT2D eigenvalue weighted by Gasteiger charge is -2.32. The van der Waals surface area contributed by atoms with Crippen molar-refractivity contribution < 1.29 is 23.6 Å². The van der Waals surface area contributed by atoms with Crippen molar-refractivity contribution >= 4 is 29.5 Å². The number of aryl methyl sites for hydroxylation is 1. The minimum atomic E-state index is -0.473. The molecular formula is C34H49BN4O5. The first kappa shape index (κ1) is 32.6. The summed E-state index contributed by atoms with van der Waals surface area (Å²) in [5.74, 6) is -0.215. The number of carbonyl (C=O) groups is 1. The van der Waals surface area contributed by atoms with Crippen molar-refractivity contribution in [3.05, 3.63) is 47.8 Å². The number of esters is 1. The summed E-state index contributed by atoms with van der Waals surface area (Å²) in [6, 6.07) is 10.3. The third-order valence-corrected chi connectivity index (χ3v) is 9.48. The Morgan fingerprint density at radius 2 is 1.93 bits per heavy atom. The Morgan fingerprint density at radius 1 is 1.20 bits per heavy atom. The van der Waals surface area contributed by atoms with E-state index in [0.29, 0.717) is 13.0 Å². The summed E-state index contributed by atoms with van der Waals surface area (Å²) in [4.78, 5) is 17.7. The van der Waals surface area contributed by atoms with E-state index in [-0.39, 0.29) is 23.5 Å². The predicted molar refractivity (Wildman–Crippen MR) is 175 cm³/mol. The van der Waals surface area contributed by atoms with Crippen LogP contribution in [0.2, 0.25) is 0 Å².